The summed E-state index contributed by atoms with van der Waals surface area (Å²) in [5.41, 5.74) is 1.17. The van der Waals surface area contributed by atoms with Gasteiger partial charge in [-0.2, -0.15) is 0 Å². The van der Waals surface area contributed by atoms with Crippen LogP contribution >= 0.6 is 0 Å². The second-order valence-corrected chi connectivity index (χ2v) is 4.82. The van der Waals surface area contributed by atoms with Gasteiger partial charge in [0.1, 0.15) is 5.69 Å². The molecule has 3 rings (SSSR count). The molecule has 108 valence electrons. The number of hydrogen-bond donors (Lipinski definition) is 1. The van der Waals surface area contributed by atoms with Crippen LogP contribution in [0.2, 0.25) is 0 Å². The quantitative estimate of drug-likeness (QED) is 0.797. The van der Waals surface area contributed by atoms with Crippen molar-refractivity contribution in [3.05, 3.63) is 54.6 Å². The smallest absolute Gasteiger partial charge is 0.211 e. The molecule has 0 radical (unpaired) electrons. The Morgan fingerprint density at radius 3 is 2.86 bits per heavy atom. The molecular formula is C16H16FN3O. The average Bonchev–Trinajstić information content (AvgIpc) is 2.82. The maximum Gasteiger partial charge on any atom is 0.211 e. The van der Waals surface area contributed by atoms with Crippen molar-refractivity contribution >= 4 is 16.6 Å². The van der Waals surface area contributed by atoms with E-state index in [4.69, 9.17) is 0 Å². The van der Waals surface area contributed by atoms with Gasteiger partial charge in [0.15, 0.2) is 5.82 Å². The van der Waals surface area contributed by atoms with Gasteiger partial charge in [0.2, 0.25) is 5.88 Å². The number of hydrogen-bond acceptors (Lipinski definition) is 3. The molecule has 0 spiro atoms. The number of benzene rings is 1. The number of rotatable bonds is 4. The molecule has 0 bridgehead atoms. The third-order valence-electron chi connectivity index (χ3n) is 3.37. The first kappa shape index (κ1) is 13.4. The number of pyridine rings is 1. The van der Waals surface area contributed by atoms with Gasteiger partial charge >= 0.3 is 0 Å². The molecule has 2 aromatic heterocycles. The summed E-state index contributed by atoms with van der Waals surface area (Å²) in [4.78, 5) is 3.99. The van der Waals surface area contributed by atoms with Gasteiger partial charge < -0.3 is 5.11 Å². The van der Waals surface area contributed by atoms with Crippen molar-refractivity contribution in [2.45, 2.75) is 13.3 Å². The lowest BCUT2D eigenvalue weighted by atomic mass is 10.2. The van der Waals surface area contributed by atoms with Crippen LogP contribution in [0.3, 0.4) is 0 Å². The van der Waals surface area contributed by atoms with E-state index < -0.39 is 0 Å². The van der Waals surface area contributed by atoms with Crippen molar-refractivity contribution in [1.82, 2.24) is 9.66 Å². The van der Waals surface area contributed by atoms with E-state index in [2.05, 4.69) is 4.98 Å². The summed E-state index contributed by atoms with van der Waals surface area (Å²) in [6, 6.07) is 10.6. The molecule has 0 amide bonds. The van der Waals surface area contributed by atoms with E-state index >= 15 is 0 Å². The van der Waals surface area contributed by atoms with Crippen LogP contribution in [0.1, 0.15) is 13.3 Å². The first-order valence-corrected chi connectivity index (χ1v) is 6.89. The third-order valence-corrected chi connectivity index (χ3v) is 3.37. The molecule has 1 N–H and O–H groups in total. The zero-order chi connectivity index (χ0) is 14.8. The number of fused-ring (bicyclic) bond motifs is 1. The average molecular weight is 285 g/mol. The van der Waals surface area contributed by atoms with Gasteiger partial charge in [-0.15, -0.1) is 0 Å². The Morgan fingerprint density at radius 2 is 2.10 bits per heavy atom. The van der Waals surface area contributed by atoms with Crippen LogP contribution < -0.4 is 5.01 Å². The molecule has 0 unspecified atom stereocenters. The third kappa shape index (κ3) is 2.31. The standard InChI is InChI=1S/C16H16FN3O/c1-2-9-19(15-11-18-8-7-13(15)17)20-14-6-4-3-5-12(14)10-16(20)21/h3-8,10-11,21H,2,9H2,1H3. The number of anilines is 1. The summed E-state index contributed by atoms with van der Waals surface area (Å²) in [5, 5.41) is 12.9. The Kier molecular flexibility index (Phi) is 3.48. The monoisotopic (exact) mass is 285 g/mol. The van der Waals surface area contributed by atoms with Gasteiger partial charge in [0.05, 0.1) is 11.7 Å². The van der Waals surface area contributed by atoms with Crippen LogP contribution in [0.15, 0.2) is 48.8 Å². The first-order chi connectivity index (χ1) is 10.2. The molecule has 21 heavy (non-hydrogen) atoms. The van der Waals surface area contributed by atoms with Crippen molar-refractivity contribution in [1.29, 1.82) is 0 Å². The molecule has 4 nitrogen and oxygen atoms in total. The highest BCUT2D eigenvalue weighted by Gasteiger charge is 2.18. The summed E-state index contributed by atoms with van der Waals surface area (Å²) in [6.07, 6.45) is 3.69. The molecule has 0 saturated carbocycles. The van der Waals surface area contributed by atoms with E-state index in [9.17, 15) is 9.50 Å². The highest BCUT2D eigenvalue weighted by atomic mass is 19.1. The van der Waals surface area contributed by atoms with Crippen molar-refractivity contribution in [3.8, 4) is 5.88 Å². The molecule has 5 heteroatoms. The van der Waals surface area contributed by atoms with Crippen molar-refractivity contribution < 1.29 is 9.50 Å². The Balaban J connectivity index is 2.21. The normalized spacial score (nSPS) is 11.0. The molecule has 3 aromatic rings. The molecule has 1 aromatic carbocycles. The van der Waals surface area contributed by atoms with Crippen LogP contribution in [0.25, 0.3) is 10.9 Å². The van der Waals surface area contributed by atoms with E-state index in [-0.39, 0.29) is 11.7 Å². The van der Waals surface area contributed by atoms with Gasteiger partial charge in [-0.25, -0.2) is 9.07 Å². The highest BCUT2D eigenvalue weighted by Crippen LogP contribution is 2.29. The van der Waals surface area contributed by atoms with E-state index in [1.807, 2.05) is 31.2 Å². The minimum atomic E-state index is -0.365. The summed E-state index contributed by atoms with van der Waals surface area (Å²) >= 11 is 0. The molecule has 0 aliphatic heterocycles. The van der Waals surface area contributed by atoms with E-state index in [1.165, 1.54) is 18.5 Å². The van der Waals surface area contributed by atoms with Crippen molar-refractivity contribution in [2.24, 2.45) is 0 Å². The number of nitrogens with zero attached hydrogens (tertiary/aromatic N) is 3. The predicted molar refractivity (Wildman–Crippen MR) is 80.8 cm³/mol. The summed E-state index contributed by atoms with van der Waals surface area (Å²) in [7, 11) is 0. The highest BCUT2D eigenvalue weighted by molar-refractivity contribution is 5.83. The van der Waals surface area contributed by atoms with Gasteiger partial charge in [-0.05, 0) is 18.6 Å². The fraction of sp³-hybridized carbons (Fsp3) is 0.188. The number of aromatic hydroxyl groups is 1. The molecule has 0 aliphatic rings. The summed E-state index contributed by atoms with van der Waals surface area (Å²) in [6.45, 7) is 2.57. The molecular weight excluding hydrogens is 269 g/mol. The van der Waals surface area contributed by atoms with Crippen molar-refractivity contribution in [3.63, 3.8) is 0 Å². The molecule has 0 aliphatic carbocycles. The minimum absolute atomic E-state index is 0.0768. The molecule has 0 fully saturated rings. The maximum absolute atomic E-state index is 14.1. The fourth-order valence-corrected chi connectivity index (χ4v) is 2.48. The summed E-state index contributed by atoms with van der Waals surface area (Å²) in [5.74, 6) is -0.288. The molecule has 2 heterocycles. The number of para-hydroxylation sites is 1. The van der Waals surface area contributed by atoms with Gasteiger partial charge in [0.25, 0.3) is 0 Å². The van der Waals surface area contributed by atoms with Gasteiger partial charge in [-0.1, -0.05) is 25.1 Å². The first-order valence-electron chi connectivity index (χ1n) is 6.89. The zero-order valence-corrected chi connectivity index (χ0v) is 11.7. The SMILES string of the molecule is CCCN(c1cnccc1F)n1c(O)cc2ccccc21. The lowest BCUT2D eigenvalue weighted by Gasteiger charge is -2.27. The second-order valence-electron chi connectivity index (χ2n) is 4.82. The Hall–Kier alpha value is -2.56. The Labute approximate surface area is 122 Å². The van der Waals surface area contributed by atoms with Crippen LogP contribution in [-0.2, 0) is 0 Å². The lowest BCUT2D eigenvalue weighted by molar-refractivity contribution is 0.420. The van der Waals surface area contributed by atoms with Crippen LogP contribution in [0.4, 0.5) is 10.1 Å². The Bertz CT molecular complexity index is 769. The number of aromatic nitrogens is 2. The van der Waals surface area contributed by atoms with Crippen molar-refractivity contribution in [2.75, 3.05) is 11.6 Å². The fourth-order valence-electron chi connectivity index (χ4n) is 2.48. The minimum Gasteiger partial charge on any atom is -0.493 e. The topological polar surface area (TPSA) is 41.3 Å². The Morgan fingerprint density at radius 1 is 1.29 bits per heavy atom. The second kappa shape index (κ2) is 5.44. The van der Waals surface area contributed by atoms with Gasteiger partial charge in [-0.3, -0.25) is 9.99 Å². The largest absolute Gasteiger partial charge is 0.493 e. The van der Waals surface area contributed by atoms with Crippen LogP contribution in [0, 0.1) is 5.82 Å². The number of halogens is 1. The van der Waals surface area contributed by atoms with Crippen LogP contribution in [0.5, 0.6) is 5.88 Å². The van der Waals surface area contributed by atoms with Gasteiger partial charge in [0, 0.05) is 24.2 Å². The van der Waals surface area contributed by atoms with E-state index in [0.717, 1.165) is 17.3 Å². The van der Waals surface area contributed by atoms with E-state index in [0.29, 0.717) is 12.2 Å². The van der Waals surface area contributed by atoms with Crippen LogP contribution in [-0.4, -0.2) is 21.3 Å². The molecule has 0 atom stereocenters. The summed E-state index contributed by atoms with van der Waals surface area (Å²) < 4.78 is 15.7. The molecule has 0 saturated heterocycles. The lowest BCUT2D eigenvalue weighted by Crippen LogP contribution is -2.30. The predicted octanol–water partition coefficient (Wildman–Crippen LogP) is 3.56. The zero-order valence-electron chi connectivity index (χ0n) is 11.7. The maximum atomic E-state index is 14.1. The van der Waals surface area contributed by atoms with E-state index in [1.54, 1.807) is 15.8 Å².